The number of hydrogen-bond donors (Lipinski definition) is 1. The van der Waals surface area contributed by atoms with Crippen molar-refractivity contribution in [1.29, 1.82) is 0 Å². The van der Waals surface area contributed by atoms with Gasteiger partial charge in [0.1, 0.15) is 5.75 Å². The maximum Gasteiger partial charge on any atom is 0.250 e. The summed E-state index contributed by atoms with van der Waals surface area (Å²) in [7, 11) is 0. The number of aryl methyl sites for hydroxylation is 2. The van der Waals surface area contributed by atoms with E-state index in [1.165, 1.54) is 6.07 Å². The van der Waals surface area contributed by atoms with Gasteiger partial charge in [-0.25, -0.2) is 0 Å². The SMILES string of the molecule is Cc1ccccc1OCCCn1cc(N)ccc1=O. The highest BCUT2D eigenvalue weighted by molar-refractivity contribution is 5.33. The third-order valence-corrected chi connectivity index (χ3v) is 2.90. The Bertz CT molecular complexity index is 605. The fourth-order valence-electron chi connectivity index (χ4n) is 1.86. The molecule has 2 N–H and O–H groups in total. The molecule has 0 atom stereocenters. The highest BCUT2D eigenvalue weighted by atomic mass is 16.5. The van der Waals surface area contributed by atoms with Crippen LogP contribution in [0.15, 0.2) is 47.4 Å². The predicted molar refractivity (Wildman–Crippen MR) is 76.4 cm³/mol. The molecule has 2 aromatic rings. The summed E-state index contributed by atoms with van der Waals surface area (Å²) < 4.78 is 7.29. The molecule has 0 aliphatic heterocycles. The van der Waals surface area contributed by atoms with Crippen molar-refractivity contribution >= 4 is 5.69 Å². The van der Waals surface area contributed by atoms with Gasteiger partial charge in [0.05, 0.1) is 6.61 Å². The molecule has 0 radical (unpaired) electrons. The third-order valence-electron chi connectivity index (χ3n) is 2.90. The molecule has 1 heterocycles. The van der Waals surface area contributed by atoms with Crippen LogP contribution in [-0.2, 0) is 6.54 Å². The summed E-state index contributed by atoms with van der Waals surface area (Å²) in [6.07, 6.45) is 2.42. The monoisotopic (exact) mass is 258 g/mol. The average molecular weight is 258 g/mol. The fourth-order valence-corrected chi connectivity index (χ4v) is 1.86. The number of ether oxygens (including phenoxy) is 1. The van der Waals surface area contributed by atoms with E-state index in [0.29, 0.717) is 18.8 Å². The predicted octanol–water partition coefficient (Wildman–Crippen LogP) is 2.21. The van der Waals surface area contributed by atoms with Gasteiger partial charge in [0.25, 0.3) is 5.56 Å². The summed E-state index contributed by atoms with van der Waals surface area (Å²) in [6.45, 7) is 3.19. The molecule has 0 saturated carbocycles. The maximum atomic E-state index is 11.6. The molecule has 2 rings (SSSR count). The van der Waals surface area contributed by atoms with Gasteiger partial charge in [0, 0.05) is 24.5 Å². The summed E-state index contributed by atoms with van der Waals surface area (Å²) in [4.78, 5) is 11.6. The lowest BCUT2D eigenvalue weighted by Gasteiger charge is -2.10. The Kier molecular flexibility index (Phi) is 4.23. The number of nitrogen functional groups attached to an aromatic ring is 1. The molecule has 0 unspecified atom stereocenters. The van der Waals surface area contributed by atoms with Gasteiger partial charge in [-0.1, -0.05) is 18.2 Å². The van der Waals surface area contributed by atoms with E-state index in [0.717, 1.165) is 17.7 Å². The van der Waals surface area contributed by atoms with Crippen molar-refractivity contribution in [3.63, 3.8) is 0 Å². The molecule has 0 amide bonds. The van der Waals surface area contributed by atoms with Crippen molar-refractivity contribution in [2.24, 2.45) is 0 Å². The van der Waals surface area contributed by atoms with E-state index < -0.39 is 0 Å². The zero-order valence-corrected chi connectivity index (χ0v) is 11.0. The Morgan fingerprint density at radius 2 is 2.00 bits per heavy atom. The van der Waals surface area contributed by atoms with Gasteiger partial charge in [-0.3, -0.25) is 4.79 Å². The molecule has 4 nitrogen and oxygen atoms in total. The molecule has 1 aromatic heterocycles. The molecule has 0 fully saturated rings. The summed E-state index contributed by atoms with van der Waals surface area (Å²) in [5.74, 6) is 0.891. The maximum absolute atomic E-state index is 11.6. The van der Waals surface area contributed by atoms with Gasteiger partial charge in [-0.05, 0) is 31.0 Å². The second-order valence-electron chi connectivity index (χ2n) is 4.46. The number of nitrogens with two attached hydrogens (primary N) is 1. The topological polar surface area (TPSA) is 57.2 Å². The minimum absolute atomic E-state index is 0.0370. The highest BCUT2D eigenvalue weighted by Gasteiger charge is 1.99. The first kappa shape index (κ1) is 13.2. The number of nitrogens with zero attached hydrogens (tertiary/aromatic N) is 1. The zero-order valence-electron chi connectivity index (χ0n) is 11.0. The van der Waals surface area contributed by atoms with E-state index in [-0.39, 0.29) is 5.56 Å². The number of aromatic nitrogens is 1. The van der Waals surface area contributed by atoms with E-state index in [1.807, 2.05) is 31.2 Å². The van der Waals surface area contributed by atoms with Crippen LogP contribution in [0.5, 0.6) is 5.75 Å². The van der Waals surface area contributed by atoms with E-state index in [9.17, 15) is 4.79 Å². The Hall–Kier alpha value is -2.23. The molecule has 0 saturated heterocycles. The van der Waals surface area contributed by atoms with Crippen molar-refractivity contribution in [3.8, 4) is 5.75 Å². The van der Waals surface area contributed by atoms with Crippen molar-refractivity contribution in [2.45, 2.75) is 19.9 Å². The molecule has 1 aromatic carbocycles. The Labute approximate surface area is 112 Å². The standard InChI is InChI=1S/C15H18N2O2/c1-12-5-2-3-6-14(12)19-10-4-9-17-11-13(16)7-8-15(17)18/h2-3,5-8,11H,4,9-10,16H2,1H3. The number of pyridine rings is 1. The van der Waals surface area contributed by atoms with Gasteiger partial charge >= 0.3 is 0 Å². The van der Waals surface area contributed by atoms with Crippen LogP contribution in [0.3, 0.4) is 0 Å². The van der Waals surface area contributed by atoms with Crippen LogP contribution in [0.25, 0.3) is 0 Å². The smallest absolute Gasteiger partial charge is 0.250 e. The average Bonchev–Trinajstić information content (AvgIpc) is 2.40. The van der Waals surface area contributed by atoms with Gasteiger partial charge in [-0.15, -0.1) is 0 Å². The highest BCUT2D eigenvalue weighted by Crippen LogP contribution is 2.16. The lowest BCUT2D eigenvalue weighted by atomic mass is 10.2. The number of hydrogen-bond acceptors (Lipinski definition) is 3. The largest absolute Gasteiger partial charge is 0.493 e. The molecule has 0 aliphatic rings. The van der Waals surface area contributed by atoms with Crippen molar-refractivity contribution < 1.29 is 4.74 Å². The minimum atomic E-state index is -0.0370. The number of benzene rings is 1. The first-order valence-corrected chi connectivity index (χ1v) is 6.31. The van der Waals surface area contributed by atoms with Crippen LogP contribution >= 0.6 is 0 Å². The van der Waals surface area contributed by atoms with Crippen LogP contribution in [0, 0.1) is 6.92 Å². The number of rotatable bonds is 5. The van der Waals surface area contributed by atoms with Crippen LogP contribution in [0.1, 0.15) is 12.0 Å². The van der Waals surface area contributed by atoms with Crippen molar-refractivity contribution in [2.75, 3.05) is 12.3 Å². The van der Waals surface area contributed by atoms with Crippen LogP contribution in [-0.4, -0.2) is 11.2 Å². The Morgan fingerprint density at radius 3 is 2.79 bits per heavy atom. The summed E-state index contributed by atoms with van der Waals surface area (Å²) in [5, 5.41) is 0. The molecule has 0 bridgehead atoms. The first-order valence-electron chi connectivity index (χ1n) is 6.31. The Morgan fingerprint density at radius 1 is 1.21 bits per heavy atom. The minimum Gasteiger partial charge on any atom is -0.493 e. The Balaban J connectivity index is 1.86. The second kappa shape index (κ2) is 6.09. The zero-order chi connectivity index (χ0) is 13.7. The normalized spacial score (nSPS) is 10.4. The summed E-state index contributed by atoms with van der Waals surface area (Å²) in [5.41, 5.74) is 7.33. The third kappa shape index (κ3) is 3.61. The van der Waals surface area contributed by atoms with Gasteiger partial charge in [0.2, 0.25) is 0 Å². The van der Waals surface area contributed by atoms with Crippen LogP contribution < -0.4 is 16.0 Å². The number of anilines is 1. The summed E-state index contributed by atoms with van der Waals surface area (Å²) >= 11 is 0. The van der Waals surface area contributed by atoms with E-state index in [2.05, 4.69) is 0 Å². The lowest BCUT2D eigenvalue weighted by Crippen LogP contribution is -2.20. The van der Waals surface area contributed by atoms with Gasteiger partial charge < -0.3 is 15.0 Å². The first-order chi connectivity index (χ1) is 9.16. The fraction of sp³-hybridized carbons (Fsp3) is 0.267. The molecule has 19 heavy (non-hydrogen) atoms. The van der Waals surface area contributed by atoms with Crippen LogP contribution in [0.2, 0.25) is 0 Å². The molecule has 4 heteroatoms. The second-order valence-corrected chi connectivity index (χ2v) is 4.46. The van der Waals surface area contributed by atoms with Gasteiger partial charge in [0.15, 0.2) is 0 Å². The molecule has 0 aliphatic carbocycles. The molecule has 100 valence electrons. The lowest BCUT2D eigenvalue weighted by molar-refractivity contribution is 0.299. The molecular weight excluding hydrogens is 240 g/mol. The van der Waals surface area contributed by atoms with Gasteiger partial charge in [-0.2, -0.15) is 0 Å². The van der Waals surface area contributed by atoms with E-state index in [1.54, 1.807) is 16.8 Å². The van der Waals surface area contributed by atoms with E-state index >= 15 is 0 Å². The van der Waals surface area contributed by atoms with Crippen LogP contribution in [0.4, 0.5) is 5.69 Å². The summed E-state index contributed by atoms with van der Waals surface area (Å²) in [6, 6.07) is 11.0. The van der Waals surface area contributed by atoms with E-state index in [4.69, 9.17) is 10.5 Å². The molecular formula is C15H18N2O2. The molecule has 0 spiro atoms. The quantitative estimate of drug-likeness (QED) is 0.836. The van der Waals surface area contributed by atoms with Crippen molar-refractivity contribution in [3.05, 3.63) is 58.5 Å². The van der Waals surface area contributed by atoms with Crippen molar-refractivity contribution in [1.82, 2.24) is 4.57 Å². The number of para-hydroxylation sites is 1.